The van der Waals surface area contributed by atoms with Crippen LogP contribution in [0.4, 0.5) is 0 Å². The molecule has 0 unspecified atom stereocenters. The molecule has 0 aliphatic carbocycles. The standard InChI is InChI=1S/C43H32N6/c1-3-4-8-15-30(2)38-44-39(33-16-9-5-10-17-33)46-42(45-38)36-26-22-31(23-27-36)32-24-28-37(29-25-32)43-48-40(34-18-11-6-12-19-34)47-41(49-43)35-20-13-7-14-21-35/h3-29H,2H2,1H3/b4-3-,15-8-. The van der Waals surface area contributed by atoms with E-state index in [-0.39, 0.29) is 0 Å². The molecule has 0 N–H and O–H groups in total. The summed E-state index contributed by atoms with van der Waals surface area (Å²) < 4.78 is 0. The summed E-state index contributed by atoms with van der Waals surface area (Å²) in [5.74, 6) is 3.62. The fraction of sp³-hybridized carbons (Fsp3) is 0.0233. The van der Waals surface area contributed by atoms with Crippen LogP contribution in [0.2, 0.25) is 0 Å². The molecule has 7 aromatic rings. The van der Waals surface area contributed by atoms with E-state index in [1.807, 2.05) is 134 Å². The number of allylic oxidation sites excluding steroid dienone is 5. The van der Waals surface area contributed by atoms with Crippen molar-refractivity contribution in [3.63, 3.8) is 0 Å². The predicted octanol–water partition coefficient (Wildman–Crippen LogP) is 10.2. The summed E-state index contributed by atoms with van der Waals surface area (Å²) in [7, 11) is 0. The fourth-order valence-electron chi connectivity index (χ4n) is 5.28. The van der Waals surface area contributed by atoms with Crippen molar-refractivity contribution in [3.05, 3.63) is 176 Å². The highest BCUT2D eigenvalue weighted by Gasteiger charge is 2.14. The highest BCUT2D eigenvalue weighted by Crippen LogP contribution is 2.29. The molecule has 0 radical (unpaired) electrons. The Morgan fingerprint density at radius 2 is 0.694 bits per heavy atom. The lowest BCUT2D eigenvalue weighted by atomic mass is 10.0. The van der Waals surface area contributed by atoms with Crippen LogP contribution in [0.5, 0.6) is 0 Å². The summed E-state index contributed by atoms with van der Waals surface area (Å²) >= 11 is 0. The van der Waals surface area contributed by atoms with E-state index in [2.05, 4.69) is 43.0 Å². The molecular formula is C43H32N6. The van der Waals surface area contributed by atoms with Crippen LogP contribution in [0.15, 0.2) is 170 Å². The molecule has 0 saturated heterocycles. The van der Waals surface area contributed by atoms with Gasteiger partial charge in [-0.2, -0.15) is 0 Å². The Labute approximate surface area is 286 Å². The van der Waals surface area contributed by atoms with Crippen LogP contribution in [0.3, 0.4) is 0 Å². The van der Waals surface area contributed by atoms with E-state index < -0.39 is 0 Å². The minimum atomic E-state index is 0.536. The second-order valence-corrected chi connectivity index (χ2v) is 11.3. The number of benzene rings is 5. The van der Waals surface area contributed by atoms with Gasteiger partial charge in [0.15, 0.2) is 34.9 Å². The van der Waals surface area contributed by atoms with E-state index in [0.29, 0.717) is 40.5 Å². The molecule has 0 spiro atoms. The van der Waals surface area contributed by atoms with Gasteiger partial charge < -0.3 is 0 Å². The molecule has 2 aromatic heterocycles. The minimum Gasteiger partial charge on any atom is -0.208 e. The lowest BCUT2D eigenvalue weighted by Crippen LogP contribution is -2.01. The van der Waals surface area contributed by atoms with Crippen molar-refractivity contribution in [2.45, 2.75) is 6.92 Å². The monoisotopic (exact) mass is 632 g/mol. The summed E-state index contributed by atoms with van der Waals surface area (Å²) in [6, 6.07) is 46.5. The highest BCUT2D eigenvalue weighted by atomic mass is 15.0. The zero-order valence-electron chi connectivity index (χ0n) is 27.0. The lowest BCUT2D eigenvalue weighted by molar-refractivity contribution is 1.04. The van der Waals surface area contributed by atoms with Crippen LogP contribution in [0.25, 0.3) is 73.6 Å². The van der Waals surface area contributed by atoms with Crippen LogP contribution in [0.1, 0.15) is 12.7 Å². The van der Waals surface area contributed by atoms with Gasteiger partial charge in [0.25, 0.3) is 0 Å². The van der Waals surface area contributed by atoms with E-state index in [9.17, 15) is 0 Å². The smallest absolute Gasteiger partial charge is 0.164 e. The third-order valence-electron chi connectivity index (χ3n) is 7.87. The van der Waals surface area contributed by atoms with E-state index in [4.69, 9.17) is 29.9 Å². The van der Waals surface area contributed by atoms with Crippen molar-refractivity contribution in [1.82, 2.24) is 29.9 Å². The van der Waals surface area contributed by atoms with Crippen molar-refractivity contribution >= 4 is 5.57 Å². The molecule has 0 aliphatic heterocycles. The summed E-state index contributed by atoms with van der Waals surface area (Å²) in [5, 5.41) is 0. The summed E-state index contributed by atoms with van der Waals surface area (Å²) in [6.45, 7) is 6.17. The second-order valence-electron chi connectivity index (χ2n) is 11.3. The van der Waals surface area contributed by atoms with Crippen LogP contribution in [-0.2, 0) is 0 Å². The van der Waals surface area contributed by atoms with Gasteiger partial charge in [-0.3, -0.25) is 0 Å². The quantitative estimate of drug-likeness (QED) is 0.147. The highest BCUT2D eigenvalue weighted by molar-refractivity contribution is 5.74. The topological polar surface area (TPSA) is 77.3 Å². The Morgan fingerprint density at radius 1 is 0.388 bits per heavy atom. The van der Waals surface area contributed by atoms with Crippen molar-refractivity contribution in [2.75, 3.05) is 0 Å². The molecule has 6 heteroatoms. The third kappa shape index (κ3) is 7.19. The van der Waals surface area contributed by atoms with Crippen LogP contribution < -0.4 is 0 Å². The molecule has 2 heterocycles. The SMILES string of the molecule is C=C(/C=C\C=C/C)c1nc(-c2ccccc2)nc(-c2ccc(-c3ccc(-c4nc(-c5ccccc5)nc(-c5ccccc5)n4)cc3)cc2)n1. The van der Waals surface area contributed by atoms with E-state index in [0.717, 1.165) is 38.9 Å². The van der Waals surface area contributed by atoms with Crippen molar-refractivity contribution < 1.29 is 0 Å². The second kappa shape index (κ2) is 14.4. The molecule has 0 amide bonds. The molecule has 0 aliphatic rings. The molecule has 49 heavy (non-hydrogen) atoms. The maximum Gasteiger partial charge on any atom is 0.164 e. The van der Waals surface area contributed by atoms with Gasteiger partial charge in [-0.05, 0) is 18.1 Å². The number of hydrogen-bond donors (Lipinski definition) is 0. The summed E-state index contributed by atoms with van der Waals surface area (Å²) in [5.41, 5.74) is 7.44. The normalized spacial score (nSPS) is 11.3. The van der Waals surface area contributed by atoms with Gasteiger partial charge >= 0.3 is 0 Å². The van der Waals surface area contributed by atoms with Crippen LogP contribution in [0, 0.1) is 0 Å². The third-order valence-corrected chi connectivity index (χ3v) is 7.87. The van der Waals surface area contributed by atoms with Gasteiger partial charge in [0, 0.05) is 33.4 Å². The van der Waals surface area contributed by atoms with Crippen molar-refractivity contribution in [1.29, 1.82) is 0 Å². The fourth-order valence-corrected chi connectivity index (χ4v) is 5.28. The lowest BCUT2D eigenvalue weighted by Gasteiger charge is -2.10. The first kappa shape index (κ1) is 31.0. The van der Waals surface area contributed by atoms with Crippen LogP contribution in [-0.4, -0.2) is 29.9 Å². The average molecular weight is 633 g/mol. The zero-order valence-corrected chi connectivity index (χ0v) is 27.0. The van der Waals surface area contributed by atoms with E-state index in [1.165, 1.54) is 0 Å². The molecule has 6 nitrogen and oxygen atoms in total. The first-order valence-electron chi connectivity index (χ1n) is 16.0. The van der Waals surface area contributed by atoms with Crippen molar-refractivity contribution in [2.24, 2.45) is 0 Å². The molecular weight excluding hydrogens is 601 g/mol. The Balaban J connectivity index is 1.19. The first-order chi connectivity index (χ1) is 24.1. The molecule has 0 saturated carbocycles. The van der Waals surface area contributed by atoms with Crippen molar-refractivity contribution in [3.8, 4) is 68.1 Å². The largest absolute Gasteiger partial charge is 0.208 e. The van der Waals surface area contributed by atoms with Gasteiger partial charge in [-0.25, -0.2) is 29.9 Å². The van der Waals surface area contributed by atoms with Gasteiger partial charge in [0.05, 0.1) is 0 Å². The van der Waals surface area contributed by atoms with Gasteiger partial charge in [-0.1, -0.05) is 170 Å². The van der Waals surface area contributed by atoms with Crippen LogP contribution >= 0.6 is 0 Å². The number of rotatable bonds is 9. The number of nitrogens with zero attached hydrogens (tertiary/aromatic N) is 6. The predicted molar refractivity (Wildman–Crippen MR) is 199 cm³/mol. The van der Waals surface area contributed by atoms with Gasteiger partial charge in [0.1, 0.15) is 0 Å². The Morgan fingerprint density at radius 3 is 1.04 bits per heavy atom. The molecule has 0 atom stereocenters. The molecule has 7 rings (SSSR count). The number of hydrogen-bond acceptors (Lipinski definition) is 6. The van der Waals surface area contributed by atoms with Gasteiger partial charge in [-0.15, -0.1) is 0 Å². The summed E-state index contributed by atoms with van der Waals surface area (Å²) in [6.07, 6.45) is 7.75. The average Bonchev–Trinajstić information content (AvgIpc) is 3.19. The Kier molecular flexibility index (Phi) is 9.10. The van der Waals surface area contributed by atoms with Gasteiger partial charge in [0.2, 0.25) is 0 Å². The molecule has 5 aromatic carbocycles. The maximum atomic E-state index is 4.86. The molecule has 0 bridgehead atoms. The molecule has 234 valence electrons. The van der Waals surface area contributed by atoms with E-state index >= 15 is 0 Å². The molecule has 0 fully saturated rings. The maximum absolute atomic E-state index is 4.86. The summed E-state index contributed by atoms with van der Waals surface area (Å²) in [4.78, 5) is 28.9. The Bertz CT molecular complexity index is 2200. The zero-order chi connectivity index (χ0) is 33.4. The Hall–Kier alpha value is -6.66. The number of aromatic nitrogens is 6. The minimum absolute atomic E-state index is 0.536. The first-order valence-corrected chi connectivity index (χ1v) is 16.0. The van der Waals surface area contributed by atoms with E-state index in [1.54, 1.807) is 0 Å².